The maximum absolute atomic E-state index is 4.45. The highest BCUT2D eigenvalue weighted by molar-refractivity contribution is 9.10. The summed E-state index contributed by atoms with van der Waals surface area (Å²) in [5.74, 6) is 0. The SMILES string of the molecule is CCCNC(c1ccccn1)c1c(Br)cnn1C. The zero-order chi connectivity index (χ0) is 13.0. The van der Waals surface area contributed by atoms with Crippen molar-refractivity contribution in [1.29, 1.82) is 0 Å². The summed E-state index contributed by atoms with van der Waals surface area (Å²) >= 11 is 3.56. The molecule has 0 saturated heterocycles. The van der Waals surface area contributed by atoms with Gasteiger partial charge in [-0.1, -0.05) is 13.0 Å². The van der Waals surface area contributed by atoms with E-state index in [2.05, 4.69) is 38.3 Å². The lowest BCUT2D eigenvalue weighted by Gasteiger charge is -2.19. The second kappa shape index (κ2) is 6.11. The Morgan fingerprint density at radius 3 is 2.83 bits per heavy atom. The molecule has 0 radical (unpaired) electrons. The Kier molecular flexibility index (Phi) is 4.49. The zero-order valence-corrected chi connectivity index (χ0v) is 12.2. The van der Waals surface area contributed by atoms with Gasteiger partial charge in [-0.05, 0) is 41.0 Å². The predicted molar refractivity (Wildman–Crippen MR) is 75.3 cm³/mol. The minimum atomic E-state index is 0.0630. The Bertz CT molecular complexity index is 475. The first-order valence-corrected chi connectivity index (χ1v) is 6.85. The van der Waals surface area contributed by atoms with Gasteiger partial charge in [-0.25, -0.2) is 0 Å². The molecule has 1 atom stereocenters. The van der Waals surface area contributed by atoms with E-state index in [1.807, 2.05) is 42.3 Å². The fourth-order valence-electron chi connectivity index (χ4n) is 1.92. The summed E-state index contributed by atoms with van der Waals surface area (Å²) in [6.45, 7) is 3.10. The van der Waals surface area contributed by atoms with E-state index >= 15 is 0 Å². The van der Waals surface area contributed by atoms with Crippen LogP contribution >= 0.6 is 15.9 Å². The molecule has 2 heterocycles. The van der Waals surface area contributed by atoms with Gasteiger partial charge in [-0.2, -0.15) is 5.10 Å². The molecule has 0 aromatic carbocycles. The first kappa shape index (κ1) is 13.2. The summed E-state index contributed by atoms with van der Waals surface area (Å²) in [4.78, 5) is 4.45. The fourth-order valence-corrected chi connectivity index (χ4v) is 2.50. The summed E-state index contributed by atoms with van der Waals surface area (Å²) in [6, 6.07) is 6.03. The second-order valence-electron chi connectivity index (χ2n) is 4.14. The highest BCUT2D eigenvalue weighted by Gasteiger charge is 2.20. The minimum absolute atomic E-state index is 0.0630. The highest BCUT2D eigenvalue weighted by Crippen LogP contribution is 2.26. The van der Waals surface area contributed by atoms with E-state index in [0.29, 0.717) is 0 Å². The van der Waals surface area contributed by atoms with E-state index < -0.39 is 0 Å². The molecule has 2 aromatic rings. The summed E-state index contributed by atoms with van der Waals surface area (Å²) in [5, 5.41) is 7.79. The van der Waals surface area contributed by atoms with E-state index in [4.69, 9.17) is 0 Å². The lowest BCUT2D eigenvalue weighted by Crippen LogP contribution is -2.26. The number of nitrogens with one attached hydrogen (secondary N) is 1. The quantitative estimate of drug-likeness (QED) is 0.923. The van der Waals surface area contributed by atoms with Crippen LogP contribution in [0.2, 0.25) is 0 Å². The lowest BCUT2D eigenvalue weighted by molar-refractivity contribution is 0.542. The summed E-state index contributed by atoms with van der Waals surface area (Å²) in [6.07, 6.45) is 4.72. The number of aromatic nitrogens is 3. The molecule has 2 rings (SSSR count). The molecule has 0 aliphatic rings. The molecule has 2 aromatic heterocycles. The first-order valence-electron chi connectivity index (χ1n) is 6.05. The summed E-state index contributed by atoms with van der Waals surface area (Å²) in [7, 11) is 1.95. The van der Waals surface area contributed by atoms with Gasteiger partial charge in [0.15, 0.2) is 0 Å². The van der Waals surface area contributed by atoms with Crippen LogP contribution in [0.3, 0.4) is 0 Å². The number of hydrogen-bond donors (Lipinski definition) is 1. The molecule has 1 N–H and O–H groups in total. The van der Waals surface area contributed by atoms with Gasteiger partial charge in [-0.15, -0.1) is 0 Å². The van der Waals surface area contributed by atoms with E-state index in [1.165, 1.54) is 0 Å². The number of rotatable bonds is 5. The standard InChI is InChI=1S/C13H17BrN4/c1-3-7-16-12(11-6-4-5-8-15-11)13-10(14)9-17-18(13)2/h4-6,8-9,12,16H,3,7H2,1-2H3. The van der Waals surface area contributed by atoms with Crippen LogP contribution in [0.5, 0.6) is 0 Å². The van der Waals surface area contributed by atoms with Gasteiger partial charge in [0.1, 0.15) is 0 Å². The van der Waals surface area contributed by atoms with Crippen LogP contribution in [0.25, 0.3) is 0 Å². The largest absolute Gasteiger partial charge is 0.304 e. The fraction of sp³-hybridized carbons (Fsp3) is 0.385. The van der Waals surface area contributed by atoms with Crippen LogP contribution in [-0.2, 0) is 7.05 Å². The maximum Gasteiger partial charge on any atom is 0.0933 e. The molecule has 0 aliphatic carbocycles. The third-order valence-electron chi connectivity index (χ3n) is 2.79. The third kappa shape index (κ3) is 2.79. The average Bonchev–Trinajstić information content (AvgIpc) is 2.72. The van der Waals surface area contributed by atoms with Crippen molar-refractivity contribution in [2.45, 2.75) is 19.4 Å². The van der Waals surface area contributed by atoms with Crippen molar-refractivity contribution in [2.24, 2.45) is 7.05 Å². The van der Waals surface area contributed by atoms with Gasteiger partial charge in [0.2, 0.25) is 0 Å². The Labute approximate surface area is 116 Å². The molecular formula is C13H17BrN4. The topological polar surface area (TPSA) is 42.7 Å². The van der Waals surface area contributed by atoms with Gasteiger partial charge >= 0.3 is 0 Å². The molecule has 96 valence electrons. The second-order valence-corrected chi connectivity index (χ2v) is 5.00. The van der Waals surface area contributed by atoms with Gasteiger partial charge in [0.05, 0.1) is 28.1 Å². The number of pyridine rings is 1. The van der Waals surface area contributed by atoms with Gasteiger partial charge in [0.25, 0.3) is 0 Å². The Morgan fingerprint density at radius 1 is 1.44 bits per heavy atom. The van der Waals surface area contributed by atoms with E-state index in [9.17, 15) is 0 Å². The van der Waals surface area contributed by atoms with Crippen LogP contribution in [0.1, 0.15) is 30.8 Å². The Morgan fingerprint density at radius 2 is 2.28 bits per heavy atom. The van der Waals surface area contributed by atoms with Crippen LogP contribution in [0.15, 0.2) is 35.1 Å². The van der Waals surface area contributed by atoms with Crippen molar-refractivity contribution < 1.29 is 0 Å². The normalized spacial score (nSPS) is 12.6. The minimum Gasteiger partial charge on any atom is -0.304 e. The molecule has 0 amide bonds. The number of hydrogen-bond acceptors (Lipinski definition) is 3. The molecule has 5 heteroatoms. The smallest absolute Gasteiger partial charge is 0.0933 e. The zero-order valence-electron chi connectivity index (χ0n) is 10.6. The van der Waals surface area contributed by atoms with Crippen molar-refractivity contribution in [1.82, 2.24) is 20.1 Å². The molecule has 0 spiro atoms. The average molecular weight is 309 g/mol. The van der Waals surface area contributed by atoms with Gasteiger partial charge in [0, 0.05) is 13.2 Å². The van der Waals surface area contributed by atoms with Crippen LogP contribution < -0.4 is 5.32 Å². The Hall–Kier alpha value is -1.20. The van der Waals surface area contributed by atoms with Gasteiger partial charge < -0.3 is 5.32 Å². The van der Waals surface area contributed by atoms with E-state index in [1.54, 1.807) is 0 Å². The molecule has 0 aliphatic heterocycles. The van der Waals surface area contributed by atoms with Crippen molar-refractivity contribution >= 4 is 15.9 Å². The first-order chi connectivity index (χ1) is 8.74. The van der Waals surface area contributed by atoms with Gasteiger partial charge in [-0.3, -0.25) is 9.67 Å². The molecule has 0 bridgehead atoms. The predicted octanol–water partition coefficient (Wildman–Crippen LogP) is 2.67. The van der Waals surface area contributed by atoms with Crippen molar-refractivity contribution in [2.75, 3.05) is 6.54 Å². The molecule has 0 fully saturated rings. The van der Waals surface area contributed by atoms with Crippen LogP contribution in [-0.4, -0.2) is 21.3 Å². The number of nitrogens with zero attached hydrogens (tertiary/aromatic N) is 3. The molecular weight excluding hydrogens is 292 g/mol. The lowest BCUT2D eigenvalue weighted by atomic mass is 10.1. The third-order valence-corrected chi connectivity index (χ3v) is 3.40. The van der Waals surface area contributed by atoms with E-state index in [-0.39, 0.29) is 6.04 Å². The summed E-state index contributed by atoms with van der Waals surface area (Å²) < 4.78 is 2.88. The maximum atomic E-state index is 4.45. The highest BCUT2D eigenvalue weighted by atomic mass is 79.9. The van der Waals surface area contributed by atoms with Crippen molar-refractivity contribution in [3.63, 3.8) is 0 Å². The molecule has 18 heavy (non-hydrogen) atoms. The summed E-state index contributed by atoms with van der Waals surface area (Å²) in [5.41, 5.74) is 2.11. The van der Waals surface area contributed by atoms with Crippen molar-refractivity contribution in [3.05, 3.63) is 46.5 Å². The van der Waals surface area contributed by atoms with E-state index in [0.717, 1.165) is 28.8 Å². The Balaban J connectivity index is 2.37. The monoisotopic (exact) mass is 308 g/mol. The molecule has 1 unspecified atom stereocenters. The number of halogens is 1. The van der Waals surface area contributed by atoms with Crippen molar-refractivity contribution in [3.8, 4) is 0 Å². The van der Waals surface area contributed by atoms with Crippen LogP contribution in [0.4, 0.5) is 0 Å². The number of aryl methyl sites for hydroxylation is 1. The molecule has 0 saturated carbocycles. The molecule has 4 nitrogen and oxygen atoms in total. The van der Waals surface area contributed by atoms with Crippen LogP contribution in [0, 0.1) is 0 Å².